The molecule has 1 unspecified atom stereocenters. The monoisotopic (exact) mass is 285 g/mol. The molecular weight excluding hydrogens is 266 g/mol. The second kappa shape index (κ2) is 6.92. The van der Waals surface area contributed by atoms with Crippen LogP contribution in [-0.4, -0.2) is 33.8 Å². The molecule has 0 aliphatic heterocycles. The van der Waals surface area contributed by atoms with Gasteiger partial charge < -0.3 is 0 Å². The number of aromatic nitrogens is 4. The lowest BCUT2D eigenvalue weighted by Crippen LogP contribution is -2.32. The molecule has 2 rings (SSSR count). The van der Waals surface area contributed by atoms with Crippen LogP contribution in [0.4, 0.5) is 0 Å². The van der Waals surface area contributed by atoms with Crippen molar-refractivity contribution < 1.29 is 0 Å². The van der Waals surface area contributed by atoms with Crippen molar-refractivity contribution in [3.05, 3.63) is 35.2 Å². The van der Waals surface area contributed by atoms with Crippen LogP contribution >= 0.6 is 0 Å². The first kappa shape index (κ1) is 15.1. The van der Waals surface area contributed by atoms with Gasteiger partial charge in [0.25, 0.3) is 0 Å². The van der Waals surface area contributed by atoms with Crippen LogP contribution in [0.15, 0.2) is 29.4 Å². The molecule has 2 N–H and O–H groups in total. The second-order valence-electron chi connectivity index (χ2n) is 4.72. The number of nitrogens with one attached hydrogen (secondary N) is 2. The summed E-state index contributed by atoms with van der Waals surface area (Å²) in [6.45, 7) is 4.77. The van der Waals surface area contributed by atoms with Gasteiger partial charge >= 0.3 is 0 Å². The van der Waals surface area contributed by atoms with Gasteiger partial charge in [-0.3, -0.25) is 10.6 Å². The minimum atomic E-state index is -0.128. The van der Waals surface area contributed by atoms with E-state index in [1.54, 1.807) is 0 Å². The van der Waals surface area contributed by atoms with Crippen LogP contribution in [-0.2, 0) is 0 Å². The third kappa shape index (κ3) is 3.62. The highest BCUT2D eigenvalue weighted by Crippen LogP contribution is 2.18. The third-order valence-electron chi connectivity index (χ3n) is 3.08. The van der Waals surface area contributed by atoms with Crippen LogP contribution < -0.4 is 10.6 Å². The van der Waals surface area contributed by atoms with E-state index in [4.69, 9.17) is 5.26 Å². The Balaban J connectivity index is 2.24. The number of nitriles is 1. The second-order valence-corrected chi connectivity index (χ2v) is 4.72. The zero-order valence-corrected chi connectivity index (χ0v) is 12.5. The summed E-state index contributed by atoms with van der Waals surface area (Å²) in [6, 6.07) is 2.16. The molecule has 0 spiro atoms. The summed E-state index contributed by atoms with van der Waals surface area (Å²) in [7, 11) is 1.84. The summed E-state index contributed by atoms with van der Waals surface area (Å²) >= 11 is 0. The molecule has 1 aromatic rings. The highest BCUT2D eigenvalue weighted by Gasteiger charge is 2.15. The number of rotatable bonds is 5. The Morgan fingerprint density at radius 2 is 2.29 bits per heavy atom. The quantitative estimate of drug-likeness (QED) is 0.788. The Hall–Kier alpha value is -2.30. The maximum atomic E-state index is 9.01. The third-order valence-corrected chi connectivity index (χ3v) is 3.08. The molecular formula is C14H19N7. The number of allylic oxidation sites excluding steroid dienone is 6. The van der Waals surface area contributed by atoms with Crippen LogP contribution in [0.25, 0.3) is 5.70 Å². The topological polar surface area (TPSA) is 91.5 Å². The fraction of sp³-hybridized carbons (Fsp3) is 0.429. The molecule has 1 heterocycles. The Bertz CT molecular complexity index is 630. The molecule has 0 bridgehead atoms. The standard InChI is InChI=1S/C14H19N7/c1-4-17-13(16-3)14-18-20-21(19-14)12-6-5-11(9-15)7-10(2)8-12/h5,7-8,13,16-17H,4,6H2,1-3H3. The summed E-state index contributed by atoms with van der Waals surface area (Å²) in [4.78, 5) is 1.52. The van der Waals surface area contributed by atoms with Crippen LogP contribution in [0.3, 0.4) is 0 Å². The van der Waals surface area contributed by atoms with E-state index in [2.05, 4.69) is 32.1 Å². The number of hydrogen-bond donors (Lipinski definition) is 2. The number of nitrogens with zero attached hydrogens (tertiary/aromatic N) is 5. The first-order valence-electron chi connectivity index (χ1n) is 6.88. The average Bonchev–Trinajstić information content (AvgIpc) is 2.88. The summed E-state index contributed by atoms with van der Waals surface area (Å²) in [5, 5.41) is 27.9. The molecule has 0 amide bonds. The van der Waals surface area contributed by atoms with E-state index in [0.717, 1.165) is 17.8 Å². The summed E-state index contributed by atoms with van der Waals surface area (Å²) < 4.78 is 0. The van der Waals surface area contributed by atoms with Gasteiger partial charge in [-0.15, -0.1) is 15.0 Å². The summed E-state index contributed by atoms with van der Waals surface area (Å²) in [6.07, 6.45) is 6.15. The zero-order chi connectivity index (χ0) is 15.2. The van der Waals surface area contributed by atoms with Crippen molar-refractivity contribution in [1.29, 1.82) is 5.26 Å². The lowest BCUT2D eigenvalue weighted by Gasteiger charge is -2.11. The number of tetrazole rings is 1. The smallest absolute Gasteiger partial charge is 0.206 e. The van der Waals surface area contributed by atoms with E-state index in [0.29, 0.717) is 17.8 Å². The predicted molar refractivity (Wildman–Crippen MR) is 79.6 cm³/mol. The molecule has 0 fully saturated rings. The van der Waals surface area contributed by atoms with Crippen molar-refractivity contribution in [2.24, 2.45) is 0 Å². The van der Waals surface area contributed by atoms with Gasteiger partial charge in [-0.1, -0.05) is 13.0 Å². The fourth-order valence-electron chi connectivity index (χ4n) is 2.09. The van der Waals surface area contributed by atoms with Crippen LogP contribution in [0.1, 0.15) is 32.3 Å². The van der Waals surface area contributed by atoms with Gasteiger partial charge in [0.2, 0.25) is 5.82 Å². The van der Waals surface area contributed by atoms with Gasteiger partial charge in [-0.2, -0.15) is 5.26 Å². The van der Waals surface area contributed by atoms with Crippen LogP contribution in [0.5, 0.6) is 0 Å². The Kier molecular flexibility index (Phi) is 4.98. The highest BCUT2D eigenvalue weighted by atomic mass is 15.6. The minimum absolute atomic E-state index is 0.128. The molecule has 1 aliphatic carbocycles. The Morgan fingerprint density at radius 1 is 1.48 bits per heavy atom. The summed E-state index contributed by atoms with van der Waals surface area (Å²) in [5.41, 5.74) is 2.53. The van der Waals surface area contributed by atoms with Crippen molar-refractivity contribution in [3.8, 4) is 6.07 Å². The van der Waals surface area contributed by atoms with Crippen molar-refractivity contribution in [2.45, 2.75) is 26.4 Å². The van der Waals surface area contributed by atoms with E-state index in [1.807, 2.05) is 39.1 Å². The maximum absolute atomic E-state index is 9.01. The zero-order valence-electron chi connectivity index (χ0n) is 12.5. The maximum Gasteiger partial charge on any atom is 0.206 e. The molecule has 1 aromatic heterocycles. The molecule has 0 aromatic carbocycles. The fourth-order valence-corrected chi connectivity index (χ4v) is 2.09. The first-order chi connectivity index (χ1) is 10.2. The van der Waals surface area contributed by atoms with Gasteiger partial charge in [0.15, 0.2) is 0 Å². The Morgan fingerprint density at radius 3 is 2.95 bits per heavy atom. The molecule has 21 heavy (non-hydrogen) atoms. The SMILES string of the molecule is CCNC(NC)c1nnn(C2=CC(C)=CC(C#N)=CC2)n1. The van der Waals surface area contributed by atoms with Gasteiger partial charge in [0, 0.05) is 12.0 Å². The van der Waals surface area contributed by atoms with Crippen molar-refractivity contribution in [2.75, 3.05) is 13.6 Å². The lowest BCUT2D eigenvalue weighted by atomic mass is 10.2. The molecule has 0 saturated carbocycles. The van der Waals surface area contributed by atoms with E-state index in [1.165, 1.54) is 4.80 Å². The van der Waals surface area contributed by atoms with Gasteiger partial charge in [0.05, 0.1) is 11.8 Å². The molecule has 1 atom stereocenters. The van der Waals surface area contributed by atoms with Crippen molar-refractivity contribution >= 4 is 5.70 Å². The average molecular weight is 285 g/mol. The van der Waals surface area contributed by atoms with Crippen molar-refractivity contribution in [3.63, 3.8) is 0 Å². The van der Waals surface area contributed by atoms with Crippen LogP contribution in [0, 0.1) is 11.3 Å². The van der Waals surface area contributed by atoms with Gasteiger partial charge in [-0.25, -0.2) is 0 Å². The molecule has 110 valence electrons. The first-order valence-corrected chi connectivity index (χ1v) is 6.88. The van der Waals surface area contributed by atoms with E-state index < -0.39 is 0 Å². The molecule has 7 heteroatoms. The van der Waals surface area contributed by atoms with Crippen molar-refractivity contribution in [1.82, 2.24) is 30.8 Å². The highest BCUT2D eigenvalue weighted by molar-refractivity contribution is 5.56. The largest absolute Gasteiger partial charge is 0.298 e. The summed E-state index contributed by atoms with van der Waals surface area (Å²) in [5.74, 6) is 0.593. The van der Waals surface area contributed by atoms with E-state index >= 15 is 0 Å². The number of hydrogen-bond acceptors (Lipinski definition) is 6. The minimum Gasteiger partial charge on any atom is -0.298 e. The van der Waals surface area contributed by atoms with Gasteiger partial charge in [0.1, 0.15) is 6.17 Å². The molecule has 7 nitrogen and oxygen atoms in total. The predicted octanol–water partition coefficient (Wildman–Crippen LogP) is 1.14. The lowest BCUT2D eigenvalue weighted by molar-refractivity contribution is 0.463. The normalized spacial score (nSPS) is 16.4. The molecule has 0 saturated heterocycles. The molecule has 1 aliphatic rings. The van der Waals surface area contributed by atoms with Crippen LogP contribution in [0.2, 0.25) is 0 Å². The van der Waals surface area contributed by atoms with E-state index in [9.17, 15) is 0 Å². The Labute approximate surface area is 124 Å². The molecule has 0 radical (unpaired) electrons. The van der Waals surface area contributed by atoms with E-state index in [-0.39, 0.29) is 6.17 Å². The van der Waals surface area contributed by atoms with Gasteiger partial charge in [-0.05, 0) is 43.5 Å².